The maximum absolute atomic E-state index is 14.0. The third-order valence-electron chi connectivity index (χ3n) is 7.43. The molecule has 2 fully saturated rings. The minimum absolute atomic E-state index is 0.0682. The molecule has 1 unspecified atom stereocenters. The van der Waals surface area contributed by atoms with Crippen LogP contribution < -0.4 is 10.6 Å². The summed E-state index contributed by atoms with van der Waals surface area (Å²) in [5.41, 5.74) is -1.51. The summed E-state index contributed by atoms with van der Waals surface area (Å²) in [5, 5.41) is 14.6. The summed E-state index contributed by atoms with van der Waals surface area (Å²) in [6.45, 7) is 17.1. The number of carboxylic acid groups (broad SMARTS) is 1. The second-order valence-electron chi connectivity index (χ2n) is 13.2. The molecule has 2 aliphatic rings. The third-order valence-corrected chi connectivity index (χ3v) is 7.43. The molecule has 1 aliphatic heterocycles. The Hall–Kier alpha value is -2.65. The van der Waals surface area contributed by atoms with Gasteiger partial charge in [-0.2, -0.15) is 0 Å². The van der Waals surface area contributed by atoms with Gasteiger partial charge in [0.1, 0.15) is 17.7 Å². The van der Waals surface area contributed by atoms with E-state index in [1.54, 1.807) is 20.8 Å². The first-order valence-electron chi connectivity index (χ1n) is 13.2. The summed E-state index contributed by atoms with van der Waals surface area (Å²) in [5.74, 6) is -3.65. The maximum Gasteiger partial charge on any atom is 0.408 e. The largest absolute Gasteiger partial charge is 0.475 e. The first kappa shape index (κ1) is 30.6. The molecule has 10 heteroatoms. The number of carbonyl (C=O) groups excluding carboxylic acids is 4. The normalized spacial score (nSPS) is 24.2. The molecular formula is C27H45N3O7. The number of carbonyl (C=O) groups is 5. The zero-order valence-corrected chi connectivity index (χ0v) is 23.8. The van der Waals surface area contributed by atoms with Crippen LogP contribution in [0.1, 0.15) is 88.0 Å². The van der Waals surface area contributed by atoms with Crippen LogP contribution in [0.15, 0.2) is 0 Å². The molecule has 1 aliphatic carbocycles. The van der Waals surface area contributed by atoms with Crippen molar-refractivity contribution in [3.05, 3.63) is 0 Å². The van der Waals surface area contributed by atoms with Crippen molar-refractivity contribution in [1.82, 2.24) is 15.5 Å². The Kier molecular flexibility index (Phi) is 9.08. The van der Waals surface area contributed by atoms with Gasteiger partial charge in [0.25, 0.3) is 5.78 Å². The number of fused-ring (bicyclic) bond motifs is 1. The lowest BCUT2D eigenvalue weighted by Crippen LogP contribution is -2.60. The minimum atomic E-state index is -1.60. The summed E-state index contributed by atoms with van der Waals surface area (Å²) in [6.07, 6.45) is 1.50. The Morgan fingerprint density at radius 1 is 1.05 bits per heavy atom. The van der Waals surface area contributed by atoms with Gasteiger partial charge in [-0.15, -0.1) is 0 Å². The van der Waals surface area contributed by atoms with Crippen molar-refractivity contribution >= 4 is 29.7 Å². The van der Waals surface area contributed by atoms with Crippen LogP contribution in [0.3, 0.4) is 0 Å². The molecule has 210 valence electrons. The molecule has 0 bridgehead atoms. The molecule has 1 saturated carbocycles. The summed E-state index contributed by atoms with van der Waals surface area (Å²) in [6, 6.07) is -2.98. The fraction of sp³-hybridized carbons (Fsp3) is 0.815. The predicted octanol–water partition coefficient (Wildman–Crippen LogP) is 3.13. The number of hydrogen-bond donors (Lipinski definition) is 3. The van der Waals surface area contributed by atoms with Crippen molar-refractivity contribution < 1.29 is 33.8 Å². The van der Waals surface area contributed by atoms with Crippen LogP contribution in [0.25, 0.3) is 0 Å². The number of ether oxygens (including phenoxy) is 1. The van der Waals surface area contributed by atoms with E-state index < -0.39 is 58.8 Å². The number of Topliss-reactive ketones (excluding diaryl/α,β-unsaturated/α-hetero) is 1. The Labute approximate surface area is 220 Å². The lowest BCUT2D eigenvalue weighted by Gasteiger charge is -2.48. The molecule has 1 saturated heterocycles. The van der Waals surface area contributed by atoms with E-state index in [4.69, 9.17) is 4.74 Å². The number of nitrogens with one attached hydrogen (secondary N) is 2. The highest BCUT2D eigenvalue weighted by atomic mass is 16.6. The number of carboxylic acids is 1. The molecular weight excluding hydrogens is 478 g/mol. The molecule has 3 amide bonds. The lowest BCUT2D eigenvalue weighted by atomic mass is 9.55. The van der Waals surface area contributed by atoms with E-state index in [1.807, 2.05) is 27.7 Å². The predicted molar refractivity (Wildman–Crippen MR) is 138 cm³/mol. The number of amides is 3. The molecule has 5 atom stereocenters. The SMILES string of the molecule is CCCCC(NC(=O)[C@@H]1[C@H]2CC(C)(C)[C@H]2CN1C(=O)[C@@H](NC(=O)OC(C)(C)C)C(C)(C)C)C(=O)C(=O)O. The van der Waals surface area contributed by atoms with Gasteiger partial charge in [-0.25, -0.2) is 9.59 Å². The third kappa shape index (κ3) is 7.23. The second kappa shape index (κ2) is 11.0. The summed E-state index contributed by atoms with van der Waals surface area (Å²) in [4.78, 5) is 65.3. The molecule has 0 aromatic rings. The Bertz CT molecular complexity index is 916. The molecule has 10 nitrogen and oxygen atoms in total. The van der Waals surface area contributed by atoms with Gasteiger partial charge in [0.15, 0.2) is 0 Å². The molecule has 0 aromatic heterocycles. The topological polar surface area (TPSA) is 142 Å². The van der Waals surface area contributed by atoms with Crippen LogP contribution in [0, 0.1) is 22.7 Å². The van der Waals surface area contributed by atoms with E-state index in [0.29, 0.717) is 19.4 Å². The van der Waals surface area contributed by atoms with Crippen LogP contribution >= 0.6 is 0 Å². The molecule has 3 N–H and O–H groups in total. The van der Waals surface area contributed by atoms with E-state index in [9.17, 15) is 29.1 Å². The van der Waals surface area contributed by atoms with Crippen LogP contribution in [-0.4, -0.2) is 69.9 Å². The average molecular weight is 524 g/mol. The highest BCUT2D eigenvalue weighted by molar-refractivity contribution is 6.35. The number of unbranched alkanes of at least 4 members (excludes halogenated alkanes) is 1. The minimum Gasteiger partial charge on any atom is -0.475 e. The van der Waals surface area contributed by atoms with Gasteiger partial charge in [0.2, 0.25) is 11.8 Å². The molecule has 37 heavy (non-hydrogen) atoms. The van der Waals surface area contributed by atoms with Crippen molar-refractivity contribution in [2.75, 3.05) is 6.54 Å². The molecule has 0 radical (unpaired) electrons. The number of rotatable bonds is 9. The lowest BCUT2D eigenvalue weighted by molar-refractivity contribution is -0.151. The Balaban J connectivity index is 2.36. The number of alkyl carbamates (subject to hydrolysis) is 1. The zero-order chi connectivity index (χ0) is 28.5. The molecule has 2 rings (SSSR count). The highest BCUT2D eigenvalue weighted by Gasteiger charge is 2.61. The van der Waals surface area contributed by atoms with Crippen LogP contribution in [0.2, 0.25) is 0 Å². The summed E-state index contributed by atoms with van der Waals surface area (Å²) in [7, 11) is 0. The fourth-order valence-electron chi connectivity index (χ4n) is 5.48. The van der Waals surface area contributed by atoms with Gasteiger partial charge in [0.05, 0.1) is 6.04 Å². The zero-order valence-electron chi connectivity index (χ0n) is 23.8. The van der Waals surface area contributed by atoms with E-state index in [-0.39, 0.29) is 23.7 Å². The van der Waals surface area contributed by atoms with Crippen LogP contribution in [-0.2, 0) is 23.9 Å². The molecule has 1 heterocycles. The fourth-order valence-corrected chi connectivity index (χ4v) is 5.48. The summed E-state index contributed by atoms with van der Waals surface area (Å²) >= 11 is 0. The maximum atomic E-state index is 14.0. The first-order valence-corrected chi connectivity index (χ1v) is 13.2. The Morgan fingerprint density at radius 2 is 1.65 bits per heavy atom. The van der Waals surface area contributed by atoms with Crippen LogP contribution in [0.5, 0.6) is 0 Å². The van der Waals surface area contributed by atoms with Gasteiger partial charge in [-0.05, 0) is 56.3 Å². The van der Waals surface area contributed by atoms with Crippen LogP contribution in [0.4, 0.5) is 4.79 Å². The molecule has 0 spiro atoms. The monoisotopic (exact) mass is 523 g/mol. The Morgan fingerprint density at radius 3 is 2.11 bits per heavy atom. The quantitative estimate of drug-likeness (QED) is 0.394. The average Bonchev–Trinajstić information content (AvgIpc) is 3.06. The van der Waals surface area contributed by atoms with Crippen molar-refractivity contribution in [1.29, 1.82) is 0 Å². The highest BCUT2D eigenvalue weighted by Crippen LogP contribution is 2.57. The number of hydrogen-bond acceptors (Lipinski definition) is 6. The standard InChI is InChI=1S/C27H45N3O7/c1-10-11-12-17(19(31)23(34)35)28-21(32)18-15-13-27(8,9)16(15)14-30(18)22(33)20(25(2,3)4)29-24(36)37-26(5,6)7/h15-18,20H,10-14H2,1-9H3,(H,28,32)(H,29,36)(H,34,35)/t15-,16-,17?,18-,20+/m0/s1. The summed E-state index contributed by atoms with van der Waals surface area (Å²) < 4.78 is 5.38. The van der Waals surface area contributed by atoms with Gasteiger partial charge >= 0.3 is 12.1 Å². The number of aliphatic carboxylic acids is 1. The molecule has 0 aromatic carbocycles. The van der Waals surface area contributed by atoms with E-state index in [2.05, 4.69) is 24.5 Å². The second-order valence-corrected chi connectivity index (χ2v) is 13.2. The van der Waals surface area contributed by atoms with Crippen molar-refractivity contribution in [3.63, 3.8) is 0 Å². The van der Waals surface area contributed by atoms with Gasteiger partial charge in [-0.1, -0.05) is 54.4 Å². The number of likely N-dealkylation sites (tertiary alicyclic amines) is 1. The van der Waals surface area contributed by atoms with Gasteiger partial charge in [-0.3, -0.25) is 14.4 Å². The van der Waals surface area contributed by atoms with Gasteiger partial charge < -0.3 is 25.4 Å². The smallest absolute Gasteiger partial charge is 0.408 e. The van der Waals surface area contributed by atoms with Crippen molar-refractivity contribution in [3.8, 4) is 0 Å². The van der Waals surface area contributed by atoms with Crippen molar-refractivity contribution in [2.45, 2.75) is 112 Å². The first-order chi connectivity index (χ1) is 16.8. The van der Waals surface area contributed by atoms with E-state index >= 15 is 0 Å². The number of ketones is 1. The van der Waals surface area contributed by atoms with Crippen molar-refractivity contribution in [2.24, 2.45) is 22.7 Å². The number of nitrogens with zero attached hydrogens (tertiary/aromatic N) is 1. The van der Waals surface area contributed by atoms with Gasteiger partial charge in [0, 0.05) is 6.54 Å². The van der Waals surface area contributed by atoms with E-state index in [0.717, 1.165) is 6.42 Å². The van der Waals surface area contributed by atoms with E-state index in [1.165, 1.54) is 4.90 Å².